The highest BCUT2D eigenvalue weighted by atomic mass is 35.5. The van der Waals surface area contributed by atoms with Gasteiger partial charge < -0.3 is 29.6 Å². The molecule has 2 aromatic heterocycles. The lowest BCUT2D eigenvalue weighted by Gasteiger charge is -2.21. The first-order valence-electron chi connectivity index (χ1n) is 10.2. The molecule has 1 atom stereocenters. The van der Waals surface area contributed by atoms with Gasteiger partial charge in [0.2, 0.25) is 0 Å². The number of furan rings is 1. The summed E-state index contributed by atoms with van der Waals surface area (Å²) in [5, 5.41) is 24.6. The second kappa shape index (κ2) is 8.88. The summed E-state index contributed by atoms with van der Waals surface area (Å²) in [6.45, 7) is 1.81. The number of halogens is 1. The van der Waals surface area contributed by atoms with Crippen LogP contribution in [0.5, 0.6) is 5.75 Å². The van der Waals surface area contributed by atoms with E-state index in [1.807, 2.05) is 37.3 Å². The van der Waals surface area contributed by atoms with Crippen LogP contribution in [0.25, 0.3) is 23.5 Å². The molecule has 7 nitrogen and oxygen atoms in total. The van der Waals surface area contributed by atoms with Crippen LogP contribution in [-0.2, 0) is 5.54 Å². The van der Waals surface area contributed by atoms with E-state index in [9.17, 15) is 10.2 Å². The largest absolute Gasteiger partial charge is 0.492 e. The number of fused-ring (bicyclic) bond motifs is 1. The second-order valence-electron chi connectivity index (χ2n) is 7.73. The zero-order valence-electron chi connectivity index (χ0n) is 17.2. The standard InChI is InChI=1S/C23H25ClN2O5/c1-2-7-29-20-6-4-15(9-17(20)24)21-11-18(26-31-21)14-3-5-19-16(8-14)10-22(30-19)23(25,12-27)13-28/h4-6,8-11,14,27-28H,2-3,7,12-13,25H2,1H3. The normalized spacial score (nSPS) is 15.8. The molecule has 0 aliphatic heterocycles. The number of aliphatic hydroxyl groups is 2. The zero-order valence-corrected chi connectivity index (χ0v) is 17.9. The average molecular weight is 445 g/mol. The van der Waals surface area contributed by atoms with Gasteiger partial charge in [0.25, 0.3) is 0 Å². The molecule has 0 spiro atoms. The van der Waals surface area contributed by atoms with Crippen LogP contribution in [-0.4, -0.2) is 35.2 Å². The topological polar surface area (TPSA) is 115 Å². The van der Waals surface area contributed by atoms with Gasteiger partial charge in [-0.25, -0.2) is 0 Å². The van der Waals surface area contributed by atoms with Crippen molar-refractivity contribution in [1.29, 1.82) is 0 Å². The molecule has 3 aromatic rings. The van der Waals surface area contributed by atoms with E-state index >= 15 is 0 Å². The maximum Gasteiger partial charge on any atom is 0.167 e. The molecule has 8 heteroatoms. The zero-order chi connectivity index (χ0) is 22.0. The predicted molar refractivity (Wildman–Crippen MR) is 117 cm³/mol. The van der Waals surface area contributed by atoms with Crippen LogP contribution in [0.15, 0.2) is 39.3 Å². The molecule has 31 heavy (non-hydrogen) atoms. The number of nitrogens with two attached hydrogens (primary N) is 1. The summed E-state index contributed by atoms with van der Waals surface area (Å²) < 4.78 is 16.9. The van der Waals surface area contributed by atoms with E-state index in [-0.39, 0.29) is 5.92 Å². The van der Waals surface area contributed by atoms with Gasteiger partial charge in [0.1, 0.15) is 22.5 Å². The molecule has 0 saturated heterocycles. The highest BCUT2D eigenvalue weighted by Crippen LogP contribution is 2.33. The first-order valence-corrected chi connectivity index (χ1v) is 10.6. The van der Waals surface area contributed by atoms with E-state index in [1.54, 1.807) is 12.1 Å². The molecule has 1 aromatic carbocycles. The van der Waals surface area contributed by atoms with Gasteiger partial charge in [0.05, 0.1) is 30.5 Å². The maximum absolute atomic E-state index is 9.51. The smallest absolute Gasteiger partial charge is 0.167 e. The molecule has 4 rings (SSSR count). The number of hydrogen-bond donors (Lipinski definition) is 3. The van der Waals surface area contributed by atoms with Gasteiger partial charge >= 0.3 is 0 Å². The third-order valence-electron chi connectivity index (χ3n) is 5.37. The lowest BCUT2D eigenvalue weighted by Crippen LogP contribution is -2.44. The number of hydrogen-bond acceptors (Lipinski definition) is 7. The summed E-state index contributed by atoms with van der Waals surface area (Å²) in [5.41, 5.74) is 6.97. The summed E-state index contributed by atoms with van der Waals surface area (Å²) in [4.78, 5) is 0. The van der Waals surface area contributed by atoms with Crippen molar-refractivity contribution in [3.63, 3.8) is 0 Å². The van der Waals surface area contributed by atoms with E-state index in [0.29, 0.717) is 40.7 Å². The molecule has 0 saturated carbocycles. The third-order valence-corrected chi connectivity index (χ3v) is 5.67. The highest BCUT2D eigenvalue weighted by Gasteiger charge is 2.30. The Hall–Kier alpha value is -2.58. The first kappa shape index (κ1) is 21.6. The molecule has 1 aliphatic rings. The minimum Gasteiger partial charge on any atom is -0.492 e. The summed E-state index contributed by atoms with van der Waals surface area (Å²) in [6, 6.07) is 9.17. The molecule has 164 valence electrons. The Bertz CT molecular complexity index is 1180. The van der Waals surface area contributed by atoms with Gasteiger partial charge in [0, 0.05) is 22.8 Å². The Labute approximate surface area is 184 Å². The average Bonchev–Trinajstić information content (AvgIpc) is 3.45. The van der Waals surface area contributed by atoms with Crippen molar-refractivity contribution in [2.75, 3.05) is 19.8 Å². The molecule has 0 amide bonds. The molecule has 0 radical (unpaired) electrons. The summed E-state index contributed by atoms with van der Waals surface area (Å²) in [5.74, 6) is 1.60. The van der Waals surface area contributed by atoms with Crippen molar-refractivity contribution in [3.05, 3.63) is 57.4 Å². The minimum atomic E-state index is -1.32. The predicted octanol–water partition coefficient (Wildman–Crippen LogP) is 2.26. The monoisotopic (exact) mass is 444 g/mol. The van der Waals surface area contributed by atoms with Gasteiger partial charge in [-0.05, 0) is 43.2 Å². The second-order valence-corrected chi connectivity index (χ2v) is 8.13. The fourth-order valence-corrected chi connectivity index (χ4v) is 3.70. The molecule has 1 aliphatic carbocycles. The van der Waals surface area contributed by atoms with E-state index in [1.165, 1.54) is 0 Å². The Morgan fingerprint density at radius 3 is 2.77 bits per heavy atom. The number of rotatable bonds is 8. The molecular formula is C23H25ClN2O5. The number of aliphatic hydroxyl groups excluding tert-OH is 2. The van der Waals surface area contributed by atoms with Crippen LogP contribution in [0.3, 0.4) is 0 Å². The lowest BCUT2D eigenvalue weighted by atomic mass is 9.95. The van der Waals surface area contributed by atoms with Crippen molar-refractivity contribution in [3.8, 4) is 17.1 Å². The fraction of sp³-hybridized carbons (Fsp3) is 0.348. The highest BCUT2D eigenvalue weighted by molar-refractivity contribution is 6.32. The Balaban J connectivity index is 1.58. The van der Waals surface area contributed by atoms with Crippen molar-refractivity contribution in [2.45, 2.75) is 31.2 Å². The van der Waals surface area contributed by atoms with Crippen LogP contribution in [0.2, 0.25) is 5.02 Å². The van der Waals surface area contributed by atoms with Crippen LogP contribution < -0.4 is 21.1 Å². The fourth-order valence-electron chi connectivity index (χ4n) is 3.47. The van der Waals surface area contributed by atoms with Gasteiger partial charge in [-0.2, -0.15) is 0 Å². The Kier molecular flexibility index (Phi) is 6.20. The van der Waals surface area contributed by atoms with Crippen LogP contribution in [0.1, 0.15) is 37.1 Å². The third kappa shape index (κ3) is 4.27. The molecule has 1 unspecified atom stereocenters. The maximum atomic E-state index is 9.51. The van der Waals surface area contributed by atoms with Crippen molar-refractivity contribution in [1.82, 2.24) is 5.16 Å². The first-order chi connectivity index (χ1) is 15.0. The Morgan fingerprint density at radius 1 is 1.26 bits per heavy atom. The van der Waals surface area contributed by atoms with Crippen LogP contribution >= 0.6 is 11.6 Å². The van der Waals surface area contributed by atoms with Crippen LogP contribution in [0.4, 0.5) is 0 Å². The van der Waals surface area contributed by atoms with E-state index < -0.39 is 18.8 Å². The van der Waals surface area contributed by atoms with E-state index in [2.05, 4.69) is 5.16 Å². The van der Waals surface area contributed by atoms with E-state index in [0.717, 1.165) is 22.9 Å². The number of aromatic nitrogens is 1. The Morgan fingerprint density at radius 2 is 2.06 bits per heavy atom. The molecule has 0 bridgehead atoms. The SMILES string of the molecule is CCCOc1ccc(-c2cc(C3C=c4cc(C(N)(CO)CO)oc4=CC3)no2)cc1Cl. The van der Waals surface area contributed by atoms with Gasteiger partial charge in [-0.3, -0.25) is 0 Å². The lowest BCUT2D eigenvalue weighted by molar-refractivity contribution is 0.103. The summed E-state index contributed by atoms with van der Waals surface area (Å²) >= 11 is 6.34. The summed E-state index contributed by atoms with van der Waals surface area (Å²) in [7, 11) is 0. The molecule has 4 N–H and O–H groups in total. The van der Waals surface area contributed by atoms with E-state index in [4.69, 9.17) is 31.0 Å². The molecule has 2 heterocycles. The van der Waals surface area contributed by atoms with Crippen molar-refractivity contribution in [2.24, 2.45) is 5.73 Å². The van der Waals surface area contributed by atoms with Gasteiger partial charge in [-0.1, -0.05) is 29.8 Å². The number of nitrogens with zero attached hydrogens (tertiary/aromatic N) is 1. The van der Waals surface area contributed by atoms with Crippen LogP contribution in [0, 0.1) is 0 Å². The number of ether oxygens (including phenoxy) is 1. The number of benzene rings is 1. The van der Waals surface area contributed by atoms with Gasteiger partial charge in [0.15, 0.2) is 5.76 Å². The summed E-state index contributed by atoms with van der Waals surface area (Å²) in [6.07, 6.45) is 5.55. The van der Waals surface area contributed by atoms with Crippen molar-refractivity contribution >= 4 is 23.8 Å². The van der Waals surface area contributed by atoms with Gasteiger partial charge in [-0.15, -0.1) is 0 Å². The quantitative estimate of drug-likeness (QED) is 0.488. The van der Waals surface area contributed by atoms with Crippen molar-refractivity contribution < 1.29 is 23.9 Å². The molecule has 0 fully saturated rings. The minimum absolute atomic E-state index is 0.00601. The molecular weight excluding hydrogens is 420 g/mol.